The van der Waals surface area contributed by atoms with E-state index in [0.29, 0.717) is 6.61 Å². The van der Waals surface area contributed by atoms with Crippen LogP contribution in [0.15, 0.2) is 34.7 Å². The maximum absolute atomic E-state index is 5.83. The molecule has 0 spiro atoms. The fraction of sp³-hybridized carbons (Fsp3) is 0.444. The number of hydrogen-bond acceptors (Lipinski definition) is 3. The summed E-state index contributed by atoms with van der Waals surface area (Å²) in [5.74, 6) is 2.77. The zero-order valence-electron chi connectivity index (χ0n) is 13.6. The van der Waals surface area contributed by atoms with E-state index in [1.807, 2.05) is 25.1 Å². The van der Waals surface area contributed by atoms with Crippen molar-refractivity contribution in [2.75, 3.05) is 0 Å². The fourth-order valence-corrected chi connectivity index (χ4v) is 2.04. The molecule has 0 radical (unpaired) electrons. The summed E-state index contributed by atoms with van der Waals surface area (Å²) >= 11 is 0. The summed E-state index contributed by atoms with van der Waals surface area (Å²) in [6.07, 6.45) is 0. The molecule has 2 rings (SSSR count). The number of nitrogens with one attached hydrogen (secondary N) is 1. The van der Waals surface area contributed by atoms with E-state index >= 15 is 0 Å². The van der Waals surface area contributed by atoms with E-state index < -0.39 is 0 Å². The Bertz CT molecular complexity index is 594. The first-order chi connectivity index (χ1) is 9.83. The number of hydrogen-bond donors (Lipinski definition) is 1. The van der Waals surface area contributed by atoms with Crippen LogP contribution in [-0.2, 0) is 13.2 Å². The van der Waals surface area contributed by atoms with Crippen molar-refractivity contribution in [3.63, 3.8) is 0 Å². The van der Waals surface area contributed by atoms with Gasteiger partial charge in [0, 0.05) is 11.1 Å². The van der Waals surface area contributed by atoms with Crippen molar-refractivity contribution in [1.29, 1.82) is 0 Å². The smallest absolute Gasteiger partial charge is 0.120 e. The van der Waals surface area contributed by atoms with Gasteiger partial charge < -0.3 is 14.5 Å². The van der Waals surface area contributed by atoms with Crippen molar-refractivity contribution in [1.82, 2.24) is 5.32 Å². The van der Waals surface area contributed by atoms with Gasteiger partial charge >= 0.3 is 0 Å². The first-order valence-electron chi connectivity index (χ1n) is 7.36. The van der Waals surface area contributed by atoms with Crippen molar-refractivity contribution < 1.29 is 9.15 Å². The summed E-state index contributed by atoms with van der Waals surface area (Å²) in [6.45, 7) is 11.7. The molecule has 0 saturated heterocycles. The molecular weight excluding hydrogens is 262 g/mol. The van der Waals surface area contributed by atoms with Crippen LogP contribution < -0.4 is 10.1 Å². The summed E-state index contributed by atoms with van der Waals surface area (Å²) < 4.78 is 11.6. The van der Waals surface area contributed by atoms with Crippen LogP contribution in [0, 0.1) is 13.8 Å². The lowest BCUT2D eigenvalue weighted by molar-refractivity contribution is 0.302. The third-order valence-electron chi connectivity index (χ3n) is 3.25. The number of aryl methyl sites for hydroxylation is 2. The zero-order chi connectivity index (χ0) is 15.5. The van der Waals surface area contributed by atoms with Gasteiger partial charge in [0.25, 0.3) is 0 Å². The first kappa shape index (κ1) is 15.6. The molecule has 0 bridgehead atoms. The highest BCUT2D eigenvalue weighted by molar-refractivity contribution is 5.28. The molecule has 1 N–H and O–H groups in total. The van der Waals surface area contributed by atoms with Crippen LogP contribution >= 0.6 is 0 Å². The van der Waals surface area contributed by atoms with Gasteiger partial charge in [-0.25, -0.2) is 0 Å². The fourth-order valence-electron chi connectivity index (χ4n) is 2.04. The topological polar surface area (TPSA) is 34.4 Å². The van der Waals surface area contributed by atoms with Crippen LogP contribution in [-0.4, -0.2) is 5.54 Å². The molecule has 3 nitrogen and oxygen atoms in total. The van der Waals surface area contributed by atoms with Crippen LogP contribution in [0.5, 0.6) is 5.75 Å². The van der Waals surface area contributed by atoms with Crippen LogP contribution in [0.1, 0.15) is 43.4 Å². The second-order valence-electron chi connectivity index (χ2n) is 6.50. The van der Waals surface area contributed by atoms with Crippen LogP contribution in [0.4, 0.5) is 0 Å². The molecule has 1 aromatic heterocycles. The van der Waals surface area contributed by atoms with Crippen LogP contribution in [0.25, 0.3) is 0 Å². The average Bonchev–Trinajstić information content (AvgIpc) is 2.74. The standard InChI is InChI=1S/C18H25NO2/c1-13-7-6-8-16(9-13)20-12-15-10-17(21-14(15)2)11-19-18(3,4)5/h6-10,19H,11-12H2,1-5H3. The van der Waals surface area contributed by atoms with Crippen molar-refractivity contribution in [3.05, 3.63) is 53.0 Å². The molecule has 0 saturated carbocycles. The lowest BCUT2D eigenvalue weighted by atomic mass is 10.1. The Balaban J connectivity index is 1.96. The second-order valence-corrected chi connectivity index (χ2v) is 6.50. The first-order valence-corrected chi connectivity index (χ1v) is 7.36. The van der Waals surface area contributed by atoms with Gasteiger partial charge in [-0.2, -0.15) is 0 Å². The molecule has 0 aliphatic heterocycles. The summed E-state index contributed by atoms with van der Waals surface area (Å²) in [7, 11) is 0. The SMILES string of the molecule is Cc1cccc(OCc2cc(CNC(C)(C)C)oc2C)c1. The van der Waals surface area contributed by atoms with Crippen LogP contribution in [0.2, 0.25) is 0 Å². The molecule has 1 aromatic carbocycles. The van der Waals surface area contributed by atoms with E-state index in [1.54, 1.807) is 0 Å². The summed E-state index contributed by atoms with van der Waals surface area (Å²) in [4.78, 5) is 0. The van der Waals surface area contributed by atoms with E-state index in [0.717, 1.165) is 29.4 Å². The second kappa shape index (κ2) is 6.35. The molecule has 0 unspecified atom stereocenters. The Kier molecular flexibility index (Phi) is 4.73. The largest absolute Gasteiger partial charge is 0.489 e. The predicted molar refractivity (Wildman–Crippen MR) is 85.5 cm³/mol. The highest BCUT2D eigenvalue weighted by Crippen LogP contribution is 2.19. The highest BCUT2D eigenvalue weighted by Gasteiger charge is 2.12. The molecule has 0 aliphatic rings. The Labute approximate surface area is 127 Å². The van der Waals surface area contributed by atoms with Gasteiger partial charge in [0.1, 0.15) is 23.9 Å². The highest BCUT2D eigenvalue weighted by atomic mass is 16.5. The Morgan fingerprint density at radius 3 is 2.57 bits per heavy atom. The van der Waals surface area contributed by atoms with Crippen molar-refractivity contribution in [3.8, 4) is 5.75 Å². The van der Waals surface area contributed by atoms with Gasteiger partial charge in [-0.3, -0.25) is 0 Å². The molecule has 114 valence electrons. The van der Waals surface area contributed by atoms with Crippen molar-refractivity contribution in [2.24, 2.45) is 0 Å². The van der Waals surface area contributed by atoms with E-state index in [1.165, 1.54) is 5.56 Å². The molecule has 2 aromatic rings. The zero-order valence-corrected chi connectivity index (χ0v) is 13.6. The summed E-state index contributed by atoms with van der Waals surface area (Å²) in [6, 6.07) is 10.2. The lowest BCUT2D eigenvalue weighted by Gasteiger charge is -2.19. The van der Waals surface area contributed by atoms with Crippen molar-refractivity contribution in [2.45, 2.75) is 53.3 Å². The summed E-state index contributed by atoms with van der Waals surface area (Å²) in [5.41, 5.74) is 2.38. The third-order valence-corrected chi connectivity index (χ3v) is 3.25. The average molecular weight is 287 g/mol. The molecule has 0 atom stereocenters. The molecule has 0 aliphatic carbocycles. The lowest BCUT2D eigenvalue weighted by Crippen LogP contribution is -2.34. The van der Waals surface area contributed by atoms with Gasteiger partial charge in [-0.15, -0.1) is 0 Å². The molecular formula is C18H25NO2. The minimum Gasteiger partial charge on any atom is -0.489 e. The van der Waals surface area contributed by atoms with E-state index in [-0.39, 0.29) is 5.54 Å². The number of benzene rings is 1. The molecule has 0 fully saturated rings. The van der Waals surface area contributed by atoms with E-state index in [9.17, 15) is 0 Å². The maximum Gasteiger partial charge on any atom is 0.120 e. The van der Waals surface area contributed by atoms with Gasteiger partial charge in [0.15, 0.2) is 0 Å². The number of furan rings is 1. The van der Waals surface area contributed by atoms with Crippen LogP contribution in [0.3, 0.4) is 0 Å². The molecule has 0 amide bonds. The number of ether oxygens (including phenoxy) is 1. The molecule has 21 heavy (non-hydrogen) atoms. The van der Waals surface area contributed by atoms with E-state index in [2.05, 4.69) is 45.1 Å². The normalized spacial score (nSPS) is 11.7. The number of rotatable bonds is 5. The molecule has 3 heteroatoms. The summed E-state index contributed by atoms with van der Waals surface area (Å²) in [5, 5.41) is 3.43. The van der Waals surface area contributed by atoms with Gasteiger partial charge in [-0.05, 0) is 58.4 Å². The van der Waals surface area contributed by atoms with Gasteiger partial charge in [0.2, 0.25) is 0 Å². The quantitative estimate of drug-likeness (QED) is 0.887. The third kappa shape index (κ3) is 4.94. The Morgan fingerprint density at radius 1 is 1.14 bits per heavy atom. The minimum absolute atomic E-state index is 0.0823. The van der Waals surface area contributed by atoms with Gasteiger partial charge in [0.05, 0.1) is 6.54 Å². The maximum atomic E-state index is 5.83. The Morgan fingerprint density at radius 2 is 1.90 bits per heavy atom. The van der Waals surface area contributed by atoms with Crippen molar-refractivity contribution >= 4 is 0 Å². The molecule has 1 heterocycles. The van der Waals surface area contributed by atoms with Gasteiger partial charge in [-0.1, -0.05) is 12.1 Å². The Hall–Kier alpha value is -1.74. The monoisotopic (exact) mass is 287 g/mol. The predicted octanol–water partition coefficient (Wildman–Crippen LogP) is 4.36. The van der Waals surface area contributed by atoms with E-state index in [4.69, 9.17) is 9.15 Å². The minimum atomic E-state index is 0.0823.